The highest BCUT2D eigenvalue weighted by Crippen LogP contribution is 2.54. The van der Waals surface area contributed by atoms with Crippen molar-refractivity contribution in [3.8, 4) is 45.3 Å². The normalized spacial score (nSPS) is 13.2. The molecule has 4 heteroatoms. The molecular weight excluding hydrogens is 645 g/mol. The standard InChI is InChI=1S/C49H34N4/c1-49(2)40-22-12-9-20-36(40)47-45(49)39-29-38-35-19-11-14-24-42(35)53(43(38)30-44(39)52(47)34-17-7-4-8-18-34)48-50-41-23-13-10-21-37(41)46(51-48)33-27-25-32(26-28-33)31-15-5-3-6-16-31/h3-30H,1-2H3. The lowest BCUT2D eigenvalue weighted by atomic mass is 9.81. The van der Waals surface area contributed by atoms with Crippen molar-refractivity contribution in [2.24, 2.45) is 0 Å². The van der Waals surface area contributed by atoms with E-state index in [-0.39, 0.29) is 5.41 Å². The van der Waals surface area contributed by atoms with Gasteiger partial charge in [-0.3, -0.25) is 4.57 Å². The van der Waals surface area contributed by atoms with Gasteiger partial charge in [0.1, 0.15) is 0 Å². The molecule has 0 N–H and O–H groups in total. The number of hydrogen-bond acceptors (Lipinski definition) is 2. The molecule has 10 aromatic rings. The average Bonchev–Trinajstić information content (AvgIpc) is 3.81. The minimum absolute atomic E-state index is 0.164. The lowest BCUT2D eigenvalue weighted by Crippen LogP contribution is -2.14. The molecule has 4 nitrogen and oxygen atoms in total. The molecule has 0 aliphatic heterocycles. The van der Waals surface area contributed by atoms with Crippen LogP contribution in [0.5, 0.6) is 0 Å². The summed E-state index contributed by atoms with van der Waals surface area (Å²) in [5.41, 5.74) is 14.9. The van der Waals surface area contributed by atoms with Gasteiger partial charge in [0.25, 0.3) is 0 Å². The quantitative estimate of drug-likeness (QED) is 0.186. The zero-order valence-corrected chi connectivity index (χ0v) is 29.5. The number of para-hydroxylation sites is 3. The average molecular weight is 679 g/mol. The second kappa shape index (κ2) is 11.1. The van der Waals surface area contributed by atoms with Gasteiger partial charge in [-0.1, -0.05) is 147 Å². The molecule has 250 valence electrons. The molecule has 0 unspecified atom stereocenters. The molecule has 0 amide bonds. The van der Waals surface area contributed by atoms with Crippen LogP contribution in [0.2, 0.25) is 0 Å². The Balaban J connectivity index is 1.21. The van der Waals surface area contributed by atoms with E-state index in [1.165, 1.54) is 55.2 Å². The summed E-state index contributed by atoms with van der Waals surface area (Å²) in [6.07, 6.45) is 0. The summed E-state index contributed by atoms with van der Waals surface area (Å²) in [5.74, 6) is 0.660. The summed E-state index contributed by atoms with van der Waals surface area (Å²) in [5, 5.41) is 4.68. The van der Waals surface area contributed by atoms with Crippen LogP contribution in [0.4, 0.5) is 0 Å². The van der Waals surface area contributed by atoms with Gasteiger partial charge in [-0.15, -0.1) is 0 Å². The fourth-order valence-electron chi connectivity index (χ4n) is 8.90. The molecule has 0 fully saturated rings. The van der Waals surface area contributed by atoms with Gasteiger partial charge in [-0.2, -0.15) is 0 Å². The number of fused-ring (bicyclic) bond motifs is 9. The molecule has 1 aliphatic carbocycles. The van der Waals surface area contributed by atoms with Crippen LogP contribution in [0.25, 0.3) is 88.9 Å². The predicted molar refractivity (Wildman–Crippen MR) is 219 cm³/mol. The molecule has 0 radical (unpaired) electrons. The third-order valence-electron chi connectivity index (χ3n) is 11.3. The van der Waals surface area contributed by atoms with E-state index >= 15 is 0 Å². The molecule has 0 bridgehead atoms. The van der Waals surface area contributed by atoms with Crippen LogP contribution >= 0.6 is 0 Å². The second-order valence-electron chi connectivity index (χ2n) is 14.6. The Morgan fingerprint density at radius 3 is 1.89 bits per heavy atom. The van der Waals surface area contributed by atoms with E-state index in [1.54, 1.807) is 0 Å². The Morgan fingerprint density at radius 1 is 0.453 bits per heavy atom. The largest absolute Gasteiger partial charge is 0.309 e. The molecule has 3 aromatic heterocycles. The van der Waals surface area contributed by atoms with Crippen molar-refractivity contribution in [3.63, 3.8) is 0 Å². The van der Waals surface area contributed by atoms with Gasteiger partial charge >= 0.3 is 0 Å². The van der Waals surface area contributed by atoms with Gasteiger partial charge in [0.15, 0.2) is 0 Å². The van der Waals surface area contributed by atoms with E-state index in [4.69, 9.17) is 9.97 Å². The van der Waals surface area contributed by atoms with Crippen LogP contribution < -0.4 is 0 Å². The number of hydrogen-bond donors (Lipinski definition) is 0. The fraction of sp³-hybridized carbons (Fsp3) is 0.0612. The van der Waals surface area contributed by atoms with Crippen molar-refractivity contribution >= 4 is 43.6 Å². The van der Waals surface area contributed by atoms with Crippen molar-refractivity contribution in [2.45, 2.75) is 19.3 Å². The first-order valence-corrected chi connectivity index (χ1v) is 18.3. The van der Waals surface area contributed by atoms with E-state index in [1.807, 2.05) is 0 Å². The summed E-state index contributed by atoms with van der Waals surface area (Å²) in [7, 11) is 0. The van der Waals surface area contributed by atoms with Crippen molar-refractivity contribution in [1.29, 1.82) is 0 Å². The van der Waals surface area contributed by atoms with E-state index < -0.39 is 0 Å². The third kappa shape index (κ3) is 4.30. The summed E-state index contributed by atoms with van der Waals surface area (Å²) < 4.78 is 4.74. The molecule has 7 aromatic carbocycles. The lowest BCUT2D eigenvalue weighted by molar-refractivity contribution is 0.666. The Morgan fingerprint density at radius 2 is 1.08 bits per heavy atom. The van der Waals surface area contributed by atoms with Gasteiger partial charge in [0, 0.05) is 43.8 Å². The molecule has 1 aliphatic rings. The van der Waals surface area contributed by atoms with Crippen molar-refractivity contribution in [3.05, 3.63) is 181 Å². The third-order valence-corrected chi connectivity index (χ3v) is 11.3. The summed E-state index contributed by atoms with van der Waals surface area (Å²) in [6, 6.07) is 60.8. The van der Waals surface area contributed by atoms with Crippen LogP contribution in [-0.2, 0) is 5.41 Å². The monoisotopic (exact) mass is 678 g/mol. The fourth-order valence-corrected chi connectivity index (χ4v) is 8.90. The smallest absolute Gasteiger partial charge is 0.235 e. The predicted octanol–water partition coefficient (Wildman–Crippen LogP) is 12.3. The summed E-state index contributed by atoms with van der Waals surface area (Å²) in [4.78, 5) is 10.7. The zero-order valence-electron chi connectivity index (χ0n) is 29.5. The van der Waals surface area contributed by atoms with Crippen molar-refractivity contribution < 1.29 is 0 Å². The summed E-state index contributed by atoms with van der Waals surface area (Å²) in [6.45, 7) is 4.74. The maximum atomic E-state index is 5.42. The van der Waals surface area contributed by atoms with Gasteiger partial charge in [-0.25, -0.2) is 9.97 Å². The zero-order chi connectivity index (χ0) is 35.3. The SMILES string of the molecule is CC1(C)c2ccccc2-c2c1c1cc3c4ccccc4n(-c4nc(-c5ccc(-c6ccccc6)cc5)c5ccccc5n4)c3cc1n2-c1ccccc1. The number of rotatable bonds is 4. The van der Waals surface area contributed by atoms with Crippen LogP contribution in [0.1, 0.15) is 25.0 Å². The molecular formula is C49H34N4. The van der Waals surface area contributed by atoms with Crippen LogP contribution in [0.15, 0.2) is 170 Å². The summed E-state index contributed by atoms with van der Waals surface area (Å²) >= 11 is 0. The van der Waals surface area contributed by atoms with Crippen molar-refractivity contribution in [2.75, 3.05) is 0 Å². The van der Waals surface area contributed by atoms with Crippen LogP contribution in [0.3, 0.4) is 0 Å². The van der Waals surface area contributed by atoms with Gasteiger partial charge in [0.05, 0.1) is 33.5 Å². The molecule has 0 saturated heterocycles. The van der Waals surface area contributed by atoms with E-state index in [2.05, 4.69) is 193 Å². The first kappa shape index (κ1) is 29.9. The first-order valence-electron chi connectivity index (χ1n) is 18.3. The Hall–Kier alpha value is -6.78. The molecule has 11 rings (SSSR count). The number of benzene rings is 7. The van der Waals surface area contributed by atoms with Crippen LogP contribution in [-0.4, -0.2) is 19.1 Å². The number of aromatic nitrogens is 4. The maximum absolute atomic E-state index is 5.42. The Bertz CT molecular complexity index is 3060. The molecule has 0 spiro atoms. The topological polar surface area (TPSA) is 35.6 Å². The molecule has 0 atom stereocenters. The minimum Gasteiger partial charge on any atom is -0.309 e. The number of nitrogens with zero attached hydrogens (tertiary/aromatic N) is 4. The first-order chi connectivity index (χ1) is 26.1. The molecule has 53 heavy (non-hydrogen) atoms. The van der Waals surface area contributed by atoms with Gasteiger partial charge in [-0.05, 0) is 58.7 Å². The van der Waals surface area contributed by atoms with E-state index in [0.717, 1.165) is 38.9 Å². The van der Waals surface area contributed by atoms with E-state index in [0.29, 0.717) is 5.95 Å². The second-order valence-corrected chi connectivity index (χ2v) is 14.6. The van der Waals surface area contributed by atoms with Crippen LogP contribution in [0, 0.1) is 0 Å². The molecule has 0 saturated carbocycles. The highest BCUT2D eigenvalue weighted by atomic mass is 15.2. The maximum Gasteiger partial charge on any atom is 0.235 e. The van der Waals surface area contributed by atoms with Crippen molar-refractivity contribution in [1.82, 2.24) is 19.1 Å². The minimum atomic E-state index is -0.164. The lowest BCUT2D eigenvalue weighted by Gasteiger charge is -2.21. The highest BCUT2D eigenvalue weighted by molar-refractivity contribution is 6.15. The van der Waals surface area contributed by atoms with Gasteiger partial charge < -0.3 is 4.57 Å². The molecule has 3 heterocycles. The van der Waals surface area contributed by atoms with Gasteiger partial charge in [0.2, 0.25) is 5.95 Å². The van der Waals surface area contributed by atoms with E-state index in [9.17, 15) is 0 Å². The Kier molecular flexibility index (Phi) is 6.27. The highest BCUT2D eigenvalue weighted by Gasteiger charge is 2.40. The Labute approximate surface area is 307 Å².